The van der Waals surface area contributed by atoms with Crippen LogP contribution in [0, 0.1) is 6.92 Å². The van der Waals surface area contributed by atoms with Crippen molar-refractivity contribution in [2.45, 2.75) is 45.6 Å². The number of piperidine rings is 1. The number of aliphatic imine (C=N–C) groups is 1. The van der Waals surface area contributed by atoms with Gasteiger partial charge in [0.15, 0.2) is 0 Å². The van der Waals surface area contributed by atoms with Crippen LogP contribution in [0.1, 0.15) is 71.3 Å². The van der Waals surface area contributed by atoms with Gasteiger partial charge in [0.1, 0.15) is 5.75 Å². The van der Waals surface area contributed by atoms with E-state index in [0.29, 0.717) is 11.7 Å². The summed E-state index contributed by atoms with van der Waals surface area (Å²) >= 11 is 0. The number of benzene rings is 2. The number of hydrogen-bond acceptors (Lipinski definition) is 5. The van der Waals surface area contributed by atoms with Crippen molar-refractivity contribution in [2.75, 3.05) is 33.8 Å². The lowest BCUT2D eigenvalue weighted by Crippen LogP contribution is -2.32. The molecular formula is C28H38N4O2. The Hall–Kier alpha value is -3.12. The largest absolute Gasteiger partial charge is 0.497 e. The number of aryl methyl sites for hydroxylation is 1. The van der Waals surface area contributed by atoms with Crippen LogP contribution < -0.4 is 15.8 Å². The maximum absolute atomic E-state index is 13.3. The number of amides is 1. The monoisotopic (exact) mass is 462 g/mol. The number of nitrogens with zero attached hydrogens (tertiary/aromatic N) is 2. The van der Waals surface area contributed by atoms with Crippen molar-refractivity contribution < 1.29 is 9.53 Å². The maximum Gasteiger partial charge on any atom is 0.252 e. The SMILES string of the molecule is CCN1CCC(c2ccc(C)c(C(=O)NC(C)c3cc(OC)cc(/C(C=NC)=C/N)c3)c2)CC1. The average molecular weight is 463 g/mol. The minimum atomic E-state index is -0.213. The van der Waals surface area contributed by atoms with Gasteiger partial charge in [0.2, 0.25) is 0 Å². The van der Waals surface area contributed by atoms with Gasteiger partial charge in [-0.25, -0.2) is 0 Å². The molecule has 0 spiro atoms. The second-order valence-electron chi connectivity index (χ2n) is 8.98. The third kappa shape index (κ3) is 6.06. The zero-order valence-corrected chi connectivity index (χ0v) is 21.1. The normalized spacial score (nSPS) is 16.6. The van der Waals surface area contributed by atoms with E-state index in [0.717, 1.165) is 60.3 Å². The van der Waals surface area contributed by atoms with E-state index in [-0.39, 0.29) is 11.9 Å². The Balaban J connectivity index is 1.80. The van der Waals surface area contributed by atoms with E-state index in [1.165, 1.54) is 11.8 Å². The molecule has 3 rings (SSSR count). The first-order chi connectivity index (χ1) is 16.4. The number of nitrogens with one attached hydrogen (secondary N) is 1. The molecule has 1 aliphatic rings. The van der Waals surface area contributed by atoms with Gasteiger partial charge in [0.25, 0.3) is 5.91 Å². The minimum absolute atomic E-state index is 0.0630. The van der Waals surface area contributed by atoms with E-state index in [9.17, 15) is 4.79 Å². The van der Waals surface area contributed by atoms with Crippen LogP contribution in [0.25, 0.3) is 5.57 Å². The molecule has 6 heteroatoms. The van der Waals surface area contributed by atoms with Gasteiger partial charge in [-0.15, -0.1) is 0 Å². The van der Waals surface area contributed by atoms with Crippen LogP contribution in [0.3, 0.4) is 0 Å². The Labute approximate surface area is 203 Å². The highest BCUT2D eigenvalue weighted by Crippen LogP contribution is 2.30. The number of likely N-dealkylation sites (tertiary alicyclic amines) is 1. The van der Waals surface area contributed by atoms with Crippen LogP contribution in [0.4, 0.5) is 0 Å². The molecule has 1 amide bonds. The molecule has 1 unspecified atom stereocenters. The second kappa shape index (κ2) is 11.8. The summed E-state index contributed by atoms with van der Waals surface area (Å²) in [5.41, 5.74) is 11.4. The first-order valence-electron chi connectivity index (χ1n) is 12.1. The fourth-order valence-electron chi connectivity index (χ4n) is 4.59. The van der Waals surface area contributed by atoms with Crippen LogP contribution in [0.2, 0.25) is 0 Å². The van der Waals surface area contributed by atoms with Gasteiger partial charge in [-0.3, -0.25) is 9.79 Å². The number of hydrogen-bond donors (Lipinski definition) is 2. The summed E-state index contributed by atoms with van der Waals surface area (Å²) in [4.78, 5) is 19.9. The van der Waals surface area contributed by atoms with Crippen LogP contribution in [-0.4, -0.2) is 50.8 Å². The quantitative estimate of drug-likeness (QED) is 0.558. The number of methoxy groups -OCH3 is 1. The van der Waals surface area contributed by atoms with Gasteiger partial charge in [-0.1, -0.05) is 19.1 Å². The minimum Gasteiger partial charge on any atom is -0.497 e. The highest BCUT2D eigenvalue weighted by Gasteiger charge is 2.22. The van der Waals surface area contributed by atoms with E-state index in [4.69, 9.17) is 10.5 Å². The standard InChI is InChI=1S/C28H38N4O2/c1-6-32-11-9-21(10-12-32)22-8-7-19(2)27(16-22)28(33)31-20(3)23-13-24(15-26(14-23)34-5)25(17-29)18-30-4/h7-8,13-18,20-21H,6,9-12,29H2,1-5H3,(H,31,33)/b25-17+,30-18?. The lowest BCUT2D eigenvalue weighted by Gasteiger charge is -2.31. The zero-order valence-electron chi connectivity index (χ0n) is 21.1. The summed E-state index contributed by atoms with van der Waals surface area (Å²) in [5.74, 6) is 1.15. The lowest BCUT2D eigenvalue weighted by atomic mass is 9.87. The molecule has 1 heterocycles. The first-order valence-corrected chi connectivity index (χ1v) is 12.1. The Bertz CT molecular complexity index is 1050. The number of carbonyl (C=O) groups is 1. The fraction of sp³-hybridized carbons (Fsp3) is 0.429. The van der Waals surface area contributed by atoms with Crippen molar-refractivity contribution in [1.29, 1.82) is 0 Å². The van der Waals surface area contributed by atoms with Crippen molar-refractivity contribution in [2.24, 2.45) is 10.7 Å². The third-order valence-corrected chi connectivity index (χ3v) is 6.81. The van der Waals surface area contributed by atoms with Crippen molar-refractivity contribution in [3.8, 4) is 5.75 Å². The second-order valence-corrected chi connectivity index (χ2v) is 8.98. The molecule has 34 heavy (non-hydrogen) atoms. The van der Waals surface area contributed by atoms with E-state index >= 15 is 0 Å². The molecule has 1 saturated heterocycles. The number of rotatable bonds is 8. The van der Waals surface area contributed by atoms with Crippen LogP contribution in [-0.2, 0) is 0 Å². The molecular weight excluding hydrogens is 424 g/mol. The molecule has 2 aromatic rings. The lowest BCUT2D eigenvalue weighted by molar-refractivity contribution is 0.0939. The smallest absolute Gasteiger partial charge is 0.252 e. The molecule has 2 aromatic carbocycles. The predicted molar refractivity (Wildman–Crippen MR) is 141 cm³/mol. The number of allylic oxidation sites excluding steroid dienone is 1. The highest BCUT2D eigenvalue weighted by atomic mass is 16.5. The molecule has 3 N–H and O–H groups in total. The van der Waals surface area contributed by atoms with Crippen molar-refractivity contribution in [3.05, 3.63) is 70.4 Å². The molecule has 0 bridgehead atoms. The molecule has 1 fully saturated rings. The highest BCUT2D eigenvalue weighted by molar-refractivity contribution is 6.09. The van der Waals surface area contributed by atoms with Crippen LogP contribution in [0.15, 0.2) is 47.6 Å². The van der Waals surface area contributed by atoms with Crippen molar-refractivity contribution in [1.82, 2.24) is 10.2 Å². The summed E-state index contributed by atoms with van der Waals surface area (Å²) in [7, 11) is 3.34. The summed E-state index contributed by atoms with van der Waals surface area (Å²) in [6.07, 6.45) is 5.51. The molecule has 0 saturated carbocycles. The molecule has 1 atom stereocenters. The van der Waals surface area contributed by atoms with Crippen molar-refractivity contribution >= 4 is 17.7 Å². The summed E-state index contributed by atoms with van der Waals surface area (Å²) < 4.78 is 5.50. The molecule has 1 aliphatic heterocycles. The number of ether oxygens (including phenoxy) is 1. The zero-order chi connectivity index (χ0) is 24.7. The van der Waals surface area contributed by atoms with Gasteiger partial charge in [-0.2, -0.15) is 0 Å². The average Bonchev–Trinajstić information content (AvgIpc) is 2.87. The summed E-state index contributed by atoms with van der Waals surface area (Å²) in [6, 6.07) is 12.0. The molecule has 0 radical (unpaired) electrons. The first kappa shape index (κ1) is 25.5. The summed E-state index contributed by atoms with van der Waals surface area (Å²) in [5, 5.41) is 3.18. The van der Waals surface area contributed by atoms with Gasteiger partial charge in [0.05, 0.1) is 13.2 Å². The fourth-order valence-corrected chi connectivity index (χ4v) is 4.59. The Kier molecular flexibility index (Phi) is 8.88. The van der Waals surface area contributed by atoms with Gasteiger partial charge in [-0.05, 0) is 98.8 Å². The third-order valence-electron chi connectivity index (χ3n) is 6.81. The van der Waals surface area contributed by atoms with Crippen LogP contribution in [0.5, 0.6) is 5.75 Å². The summed E-state index contributed by atoms with van der Waals surface area (Å²) in [6.45, 7) is 9.53. The van der Waals surface area contributed by atoms with E-state index in [1.54, 1.807) is 20.4 Å². The number of carbonyl (C=O) groups excluding carboxylic acids is 1. The van der Waals surface area contributed by atoms with Gasteiger partial charge >= 0.3 is 0 Å². The molecule has 6 nitrogen and oxygen atoms in total. The molecule has 0 aliphatic carbocycles. The van der Waals surface area contributed by atoms with Crippen molar-refractivity contribution in [3.63, 3.8) is 0 Å². The van der Waals surface area contributed by atoms with Gasteiger partial charge < -0.3 is 20.7 Å². The topological polar surface area (TPSA) is 80.0 Å². The van der Waals surface area contributed by atoms with E-state index in [2.05, 4.69) is 40.3 Å². The van der Waals surface area contributed by atoms with Gasteiger partial charge in [0, 0.05) is 30.6 Å². The van der Waals surface area contributed by atoms with E-state index < -0.39 is 0 Å². The van der Waals surface area contributed by atoms with Crippen LogP contribution >= 0.6 is 0 Å². The predicted octanol–water partition coefficient (Wildman–Crippen LogP) is 4.69. The van der Waals surface area contributed by atoms with E-state index in [1.807, 2.05) is 32.0 Å². The molecule has 182 valence electrons. The maximum atomic E-state index is 13.3. The Morgan fingerprint density at radius 1 is 1.26 bits per heavy atom. The molecule has 0 aromatic heterocycles. The Morgan fingerprint density at radius 3 is 2.62 bits per heavy atom. The number of nitrogens with two attached hydrogens (primary N) is 1. The Morgan fingerprint density at radius 2 is 2.00 bits per heavy atom.